The van der Waals surface area contributed by atoms with Crippen molar-refractivity contribution in [2.45, 2.75) is 13.5 Å². The first-order valence-electron chi connectivity index (χ1n) is 10.9. The monoisotopic (exact) mass is 473 g/mol. The number of nitrogens with one attached hydrogen (secondary N) is 1. The second-order valence-corrected chi connectivity index (χ2v) is 7.22. The molecule has 178 valence electrons. The molecule has 3 aromatic carbocycles. The fourth-order valence-corrected chi connectivity index (χ4v) is 3.10. The number of rotatable bonds is 10. The van der Waals surface area contributed by atoms with E-state index in [1.165, 1.54) is 0 Å². The summed E-state index contributed by atoms with van der Waals surface area (Å²) in [6.07, 6.45) is 0. The molecular weight excluding hydrogens is 450 g/mol. The van der Waals surface area contributed by atoms with E-state index in [1.54, 1.807) is 30.3 Å². The van der Waals surface area contributed by atoms with Crippen LogP contribution in [0, 0.1) is 0 Å². The van der Waals surface area contributed by atoms with Crippen molar-refractivity contribution in [3.63, 3.8) is 0 Å². The molecule has 1 N–H and O–H groups in total. The molecule has 0 bridgehead atoms. The smallest absolute Gasteiger partial charge is 0.325 e. The van der Waals surface area contributed by atoms with Gasteiger partial charge in [-0.1, -0.05) is 35.5 Å². The molecule has 0 atom stereocenters. The minimum Gasteiger partial charge on any atom is -0.493 e. The Balaban J connectivity index is 1.24. The first-order chi connectivity index (χ1) is 17.1. The Morgan fingerprint density at radius 2 is 1.63 bits per heavy atom. The van der Waals surface area contributed by atoms with Gasteiger partial charge in [-0.2, -0.15) is 4.98 Å². The van der Waals surface area contributed by atoms with E-state index in [1.807, 2.05) is 55.5 Å². The number of hydrogen-bond acceptors (Lipinski definition) is 8. The standard InChI is InChI=1S/C26H23N3O6/c1-2-32-22-11-7-6-10-21(22)25-28-23(35-29-25)17-33-24(30)16-27-26(31)18-12-14-20(15-13-18)34-19-8-4-3-5-9-19/h3-15H,2,16-17H2,1H3,(H,27,31). The van der Waals surface area contributed by atoms with Gasteiger partial charge in [-0.05, 0) is 55.5 Å². The summed E-state index contributed by atoms with van der Waals surface area (Å²) in [6.45, 7) is 1.85. The zero-order chi connectivity index (χ0) is 24.5. The molecule has 0 saturated heterocycles. The molecule has 0 radical (unpaired) electrons. The molecule has 1 heterocycles. The second-order valence-electron chi connectivity index (χ2n) is 7.22. The fraction of sp³-hybridized carbons (Fsp3) is 0.154. The molecule has 0 aliphatic carbocycles. The van der Waals surface area contributed by atoms with Gasteiger partial charge in [0.15, 0.2) is 6.61 Å². The van der Waals surface area contributed by atoms with Crippen molar-refractivity contribution in [2.24, 2.45) is 0 Å². The molecule has 0 unspecified atom stereocenters. The van der Waals surface area contributed by atoms with Crippen LogP contribution in [-0.2, 0) is 16.1 Å². The van der Waals surface area contributed by atoms with Crippen LogP contribution >= 0.6 is 0 Å². The van der Waals surface area contributed by atoms with E-state index >= 15 is 0 Å². The average molecular weight is 473 g/mol. The zero-order valence-corrected chi connectivity index (χ0v) is 19.0. The van der Waals surface area contributed by atoms with E-state index in [9.17, 15) is 9.59 Å². The van der Waals surface area contributed by atoms with Crippen LogP contribution in [0.4, 0.5) is 0 Å². The summed E-state index contributed by atoms with van der Waals surface area (Å²) in [6, 6.07) is 23.2. The highest BCUT2D eigenvalue weighted by Gasteiger charge is 2.15. The van der Waals surface area contributed by atoms with Crippen molar-refractivity contribution in [2.75, 3.05) is 13.2 Å². The molecule has 1 amide bonds. The van der Waals surface area contributed by atoms with Crippen LogP contribution in [0.15, 0.2) is 83.4 Å². The first kappa shape index (κ1) is 23.5. The van der Waals surface area contributed by atoms with Crippen molar-refractivity contribution in [3.8, 4) is 28.6 Å². The van der Waals surface area contributed by atoms with Crippen molar-refractivity contribution < 1.29 is 28.3 Å². The number of carbonyl (C=O) groups excluding carboxylic acids is 2. The van der Waals surface area contributed by atoms with E-state index in [0.717, 1.165) is 0 Å². The Morgan fingerprint density at radius 3 is 2.40 bits per heavy atom. The summed E-state index contributed by atoms with van der Waals surface area (Å²) in [5, 5.41) is 6.44. The summed E-state index contributed by atoms with van der Waals surface area (Å²) in [5.74, 6) is 1.31. The summed E-state index contributed by atoms with van der Waals surface area (Å²) in [4.78, 5) is 28.6. The highest BCUT2D eigenvalue weighted by atomic mass is 16.6. The quantitative estimate of drug-likeness (QED) is 0.337. The van der Waals surface area contributed by atoms with Crippen LogP contribution < -0.4 is 14.8 Å². The van der Waals surface area contributed by atoms with Crippen LogP contribution in [0.5, 0.6) is 17.2 Å². The second kappa shape index (κ2) is 11.5. The van der Waals surface area contributed by atoms with E-state index in [-0.39, 0.29) is 19.0 Å². The number of amides is 1. The van der Waals surface area contributed by atoms with Crippen LogP contribution in [0.2, 0.25) is 0 Å². The van der Waals surface area contributed by atoms with Crippen molar-refractivity contribution in [1.29, 1.82) is 0 Å². The lowest BCUT2D eigenvalue weighted by atomic mass is 10.2. The molecule has 0 fully saturated rings. The number of benzene rings is 3. The number of aromatic nitrogens is 2. The molecule has 1 aromatic heterocycles. The van der Waals surface area contributed by atoms with Gasteiger partial charge < -0.3 is 24.1 Å². The third kappa shape index (κ3) is 6.44. The minimum atomic E-state index is -0.642. The Kier molecular flexibility index (Phi) is 7.70. The lowest BCUT2D eigenvalue weighted by molar-refractivity contribution is -0.144. The molecule has 0 aliphatic rings. The molecule has 9 heteroatoms. The lowest BCUT2D eigenvalue weighted by Crippen LogP contribution is -2.30. The largest absolute Gasteiger partial charge is 0.493 e. The Hall–Kier alpha value is -4.66. The summed E-state index contributed by atoms with van der Waals surface area (Å²) >= 11 is 0. The summed E-state index contributed by atoms with van der Waals surface area (Å²) < 4.78 is 21.6. The third-order valence-electron chi connectivity index (χ3n) is 4.74. The highest BCUT2D eigenvalue weighted by Crippen LogP contribution is 2.27. The maximum Gasteiger partial charge on any atom is 0.325 e. The Bertz CT molecular complexity index is 1270. The maximum atomic E-state index is 12.3. The number of para-hydroxylation sites is 2. The van der Waals surface area contributed by atoms with Gasteiger partial charge in [0.05, 0.1) is 12.2 Å². The van der Waals surface area contributed by atoms with Gasteiger partial charge in [0.2, 0.25) is 5.82 Å². The predicted octanol–water partition coefficient (Wildman–Crippen LogP) is 4.40. The van der Waals surface area contributed by atoms with Gasteiger partial charge in [-0.25, -0.2) is 0 Å². The van der Waals surface area contributed by atoms with Crippen LogP contribution in [0.3, 0.4) is 0 Å². The average Bonchev–Trinajstić information content (AvgIpc) is 3.36. The summed E-state index contributed by atoms with van der Waals surface area (Å²) in [5.41, 5.74) is 1.05. The topological polar surface area (TPSA) is 113 Å². The molecule has 0 saturated carbocycles. The van der Waals surface area contributed by atoms with Gasteiger partial charge in [0.25, 0.3) is 11.8 Å². The van der Waals surface area contributed by atoms with E-state index < -0.39 is 11.9 Å². The van der Waals surface area contributed by atoms with Gasteiger partial charge >= 0.3 is 5.97 Å². The summed E-state index contributed by atoms with van der Waals surface area (Å²) in [7, 11) is 0. The zero-order valence-electron chi connectivity index (χ0n) is 19.0. The van der Waals surface area contributed by atoms with E-state index in [0.29, 0.717) is 40.8 Å². The van der Waals surface area contributed by atoms with E-state index in [2.05, 4.69) is 15.5 Å². The molecule has 4 rings (SSSR count). The molecule has 35 heavy (non-hydrogen) atoms. The number of ether oxygens (including phenoxy) is 3. The highest BCUT2D eigenvalue weighted by molar-refractivity contribution is 5.96. The predicted molar refractivity (Wildman–Crippen MR) is 126 cm³/mol. The Morgan fingerprint density at radius 1 is 0.914 bits per heavy atom. The minimum absolute atomic E-state index is 0.125. The van der Waals surface area contributed by atoms with Gasteiger partial charge in [0, 0.05) is 5.56 Å². The number of nitrogens with zero attached hydrogens (tertiary/aromatic N) is 2. The maximum absolute atomic E-state index is 12.3. The van der Waals surface area contributed by atoms with Crippen LogP contribution in [-0.4, -0.2) is 35.2 Å². The molecule has 0 aliphatic heterocycles. The first-order valence-corrected chi connectivity index (χ1v) is 10.9. The Labute approximate surface area is 201 Å². The fourth-order valence-electron chi connectivity index (χ4n) is 3.10. The normalized spacial score (nSPS) is 10.4. The third-order valence-corrected chi connectivity index (χ3v) is 4.74. The van der Waals surface area contributed by atoms with Crippen LogP contribution in [0.25, 0.3) is 11.4 Å². The van der Waals surface area contributed by atoms with E-state index in [4.69, 9.17) is 18.7 Å². The number of carbonyl (C=O) groups is 2. The van der Waals surface area contributed by atoms with Gasteiger partial charge in [-0.15, -0.1) is 0 Å². The van der Waals surface area contributed by atoms with Crippen molar-refractivity contribution in [1.82, 2.24) is 15.5 Å². The molecule has 9 nitrogen and oxygen atoms in total. The molecule has 0 spiro atoms. The van der Waals surface area contributed by atoms with Crippen molar-refractivity contribution in [3.05, 3.63) is 90.3 Å². The lowest BCUT2D eigenvalue weighted by Gasteiger charge is -2.07. The number of hydrogen-bond donors (Lipinski definition) is 1. The van der Waals surface area contributed by atoms with Crippen molar-refractivity contribution >= 4 is 11.9 Å². The van der Waals surface area contributed by atoms with Crippen LogP contribution in [0.1, 0.15) is 23.2 Å². The number of esters is 1. The molecule has 4 aromatic rings. The SMILES string of the molecule is CCOc1ccccc1-c1noc(COC(=O)CNC(=O)c2ccc(Oc3ccccc3)cc2)n1. The van der Waals surface area contributed by atoms with Gasteiger partial charge in [-0.3, -0.25) is 9.59 Å². The van der Waals surface area contributed by atoms with Gasteiger partial charge in [0.1, 0.15) is 23.8 Å². The molecular formula is C26H23N3O6.